The fourth-order valence-electron chi connectivity index (χ4n) is 4.40. The van der Waals surface area contributed by atoms with E-state index in [-0.39, 0.29) is 18.6 Å². The number of likely N-dealkylation sites (tertiary alicyclic amines) is 1. The Morgan fingerprint density at radius 1 is 0.865 bits per heavy atom. The molecule has 2 saturated heterocycles. The van der Waals surface area contributed by atoms with Crippen LogP contribution in [0.2, 0.25) is 0 Å². The van der Waals surface area contributed by atoms with Gasteiger partial charge in [0.25, 0.3) is 0 Å². The molecule has 0 aromatic heterocycles. The maximum Gasteiger partial charge on any atom is 0.412 e. The highest BCUT2D eigenvalue weighted by molar-refractivity contribution is 5.85. The highest BCUT2D eigenvalue weighted by Gasteiger charge is 2.37. The number of carbonyl (C=O) groups is 3. The van der Waals surface area contributed by atoms with E-state index < -0.39 is 11.7 Å². The maximum absolute atomic E-state index is 12.8. The van der Waals surface area contributed by atoms with Gasteiger partial charge in [-0.15, -0.1) is 0 Å². The highest BCUT2D eigenvalue weighted by Crippen LogP contribution is 2.19. The summed E-state index contributed by atoms with van der Waals surface area (Å²) in [7, 11) is 0. The van der Waals surface area contributed by atoms with Crippen LogP contribution in [-0.4, -0.2) is 83.7 Å². The second kappa shape index (κ2) is 11.6. The lowest BCUT2D eigenvalue weighted by molar-refractivity contribution is -0.133. The lowest BCUT2D eigenvalue weighted by Crippen LogP contribution is -2.64. The molecule has 2 aromatic carbocycles. The smallest absolute Gasteiger partial charge is 0.412 e. The van der Waals surface area contributed by atoms with Gasteiger partial charge >= 0.3 is 12.2 Å². The van der Waals surface area contributed by atoms with Crippen LogP contribution in [0.3, 0.4) is 0 Å². The Bertz CT molecular complexity index is 1070. The standard InChI is InChI=1S/C28H36N4O5/c1-28(2,3)37-26(34)29-23-11-9-21(10-12-23)17-25(33)31-15-13-30(14-16-31)24-18-32(19-24)27(35)36-20-22-7-5-4-6-8-22/h4-12,24H,13-20H2,1-3H3,(H,29,34). The number of hydrogen-bond acceptors (Lipinski definition) is 6. The second-order valence-corrected chi connectivity index (χ2v) is 10.5. The number of rotatable bonds is 6. The van der Waals surface area contributed by atoms with Crippen LogP contribution in [0.5, 0.6) is 0 Å². The van der Waals surface area contributed by atoms with E-state index in [2.05, 4.69) is 10.2 Å². The predicted octanol–water partition coefficient (Wildman–Crippen LogP) is 3.74. The zero-order valence-electron chi connectivity index (χ0n) is 21.8. The quantitative estimate of drug-likeness (QED) is 0.639. The SMILES string of the molecule is CC(C)(C)OC(=O)Nc1ccc(CC(=O)N2CCN(C3CN(C(=O)OCc4ccccc4)C3)CC2)cc1. The van der Waals surface area contributed by atoms with Gasteiger partial charge in [-0.2, -0.15) is 0 Å². The Morgan fingerprint density at radius 3 is 2.14 bits per heavy atom. The van der Waals surface area contributed by atoms with E-state index in [0.29, 0.717) is 44.3 Å². The molecule has 0 spiro atoms. The minimum Gasteiger partial charge on any atom is -0.445 e. The normalized spacial score (nSPS) is 16.6. The average molecular weight is 509 g/mol. The van der Waals surface area contributed by atoms with Crippen molar-refractivity contribution in [1.82, 2.24) is 14.7 Å². The van der Waals surface area contributed by atoms with Gasteiger partial charge in [0.15, 0.2) is 0 Å². The number of ether oxygens (including phenoxy) is 2. The van der Waals surface area contributed by atoms with Crippen LogP contribution in [0.4, 0.5) is 15.3 Å². The molecule has 0 saturated carbocycles. The van der Waals surface area contributed by atoms with Gasteiger partial charge in [0, 0.05) is 51.0 Å². The summed E-state index contributed by atoms with van der Waals surface area (Å²) in [5, 5.41) is 2.70. The number of carbonyl (C=O) groups excluding carboxylic acids is 3. The lowest BCUT2D eigenvalue weighted by atomic mass is 10.1. The van der Waals surface area contributed by atoms with Crippen LogP contribution in [0, 0.1) is 0 Å². The third-order valence-electron chi connectivity index (χ3n) is 6.46. The second-order valence-electron chi connectivity index (χ2n) is 10.5. The summed E-state index contributed by atoms with van der Waals surface area (Å²) < 4.78 is 10.7. The first-order chi connectivity index (χ1) is 17.7. The molecule has 2 aromatic rings. The Morgan fingerprint density at radius 2 is 1.51 bits per heavy atom. The van der Waals surface area contributed by atoms with Gasteiger partial charge in [-0.1, -0.05) is 42.5 Å². The third-order valence-corrected chi connectivity index (χ3v) is 6.46. The van der Waals surface area contributed by atoms with Crippen molar-refractivity contribution < 1.29 is 23.9 Å². The van der Waals surface area contributed by atoms with Crippen molar-refractivity contribution in [3.63, 3.8) is 0 Å². The fraction of sp³-hybridized carbons (Fsp3) is 0.464. The number of anilines is 1. The summed E-state index contributed by atoms with van der Waals surface area (Å²) in [6.45, 7) is 9.97. The van der Waals surface area contributed by atoms with E-state index in [1.54, 1.807) is 17.0 Å². The molecule has 2 aliphatic heterocycles. The summed E-state index contributed by atoms with van der Waals surface area (Å²) in [6.07, 6.45) is -0.467. The molecule has 0 unspecified atom stereocenters. The third kappa shape index (κ3) is 7.69. The van der Waals surface area contributed by atoms with Crippen molar-refractivity contribution in [2.24, 2.45) is 0 Å². The minimum absolute atomic E-state index is 0.0900. The number of amides is 3. The van der Waals surface area contributed by atoms with Crippen molar-refractivity contribution in [2.45, 2.75) is 45.4 Å². The summed E-state index contributed by atoms with van der Waals surface area (Å²) >= 11 is 0. The van der Waals surface area contributed by atoms with Gasteiger partial charge in [-0.25, -0.2) is 9.59 Å². The molecule has 2 heterocycles. The van der Waals surface area contributed by atoms with Gasteiger partial charge in [0.2, 0.25) is 5.91 Å². The first-order valence-corrected chi connectivity index (χ1v) is 12.7. The van der Waals surface area contributed by atoms with Crippen molar-refractivity contribution >= 4 is 23.8 Å². The molecule has 2 fully saturated rings. The van der Waals surface area contributed by atoms with Crippen LogP contribution in [0.25, 0.3) is 0 Å². The molecule has 2 aliphatic rings. The van der Waals surface area contributed by atoms with Crippen molar-refractivity contribution in [3.05, 3.63) is 65.7 Å². The Labute approximate surface area is 218 Å². The first kappa shape index (κ1) is 26.5. The van der Waals surface area contributed by atoms with Crippen LogP contribution in [-0.2, 0) is 27.3 Å². The average Bonchev–Trinajstić information content (AvgIpc) is 2.83. The summed E-state index contributed by atoms with van der Waals surface area (Å²) in [6, 6.07) is 17.2. The van der Waals surface area contributed by atoms with E-state index in [0.717, 1.165) is 24.2 Å². The number of hydrogen-bond donors (Lipinski definition) is 1. The molecule has 0 aliphatic carbocycles. The molecular weight excluding hydrogens is 472 g/mol. The number of benzene rings is 2. The van der Waals surface area contributed by atoms with Gasteiger partial charge in [-0.3, -0.25) is 15.0 Å². The van der Waals surface area contributed by atoms with Gasteiger partial charge in [-0.05, 0) is 44.0 Å². The molecule has 3 amide bonds. The van der Waals surface area contributed by atoms with E-state index >= 15 is 0 Å². The number of nitrogens with one attached hydrogen (secondary N) is 1. The molecule has 4 rings (SSSR count). The molecule has 37 heavy (non-hydrogen) atoms. The van der Waals surface area contributed by atoms with E-state index in [1.807, 2.05) is 68.1 Å². The lowest BCUT2D eigenvalue weighted by Gasteiger charge is -2.47. The number of nitrogens with zero attached hydrogens (tertiary/aromatic N) is 3. The Balaban J connectivity index is 1.14. The molecule has 9 heteroatoms. The molecule has 198 valence electrons. The molecule has 0 atom stereocenters. The Kier molecular flexibility index (Phi) is 8.33. The highest BCUT2D eigenvalue weighted by atomic mass is 16.6. The zero-order valence-corrected chi connectivity index (χ0v) is 21.8. The van der Waals surface area contributed by atoms with E-state index in [1.165, 1.54) is 0 Å². The van der Waals surface area contributed by atoms with Crippen molar-refractivity contribution in [3.8, 4) is 0 Å². The van der Waals surface area contributed by atoms with Gasteiger partial charge < -0.3 is 19.3 Å². The molecular formula is C28H36N4O5. The van der Waals surface area contributed by atoms with Crippen LogP contribution < -0.4 is 5.32 Å². The first-order valence-electron chi connectivity index (χ1n) is 12.7. The molecule has 0 bridgehead atoms. The molecule has 9 nitrogen and oxygen atoms in total. The minimum atomic E-state index is -0.563. The van der Waals surface area contributed by atoms with Crippen molar-refractivity contribution in [2.75, 3.05) is 44.6 Å². The van der Waals surface area contributed by atoms with Crippen LogP contribution in [0.15, 0.2) is 54.6 Å². The van der Waals surface area contributed by atoms with Crippen molar-refractivity contribution in [1.29, 1.82) is 0 Å². The zero-order chi connectivity index (χ0) is 26.4. The van der Waals surface area contributed by atoms with Crippen LogP contribution in [0.1, 0.15) is 31.9 Å². The summed E-state index contributed by atoms with van der Waals surface area (Å²) in [5.41, 5.74) is 1.93. The molecule has 0 radical (unpaired) electrons. The summed E-state index contributed by atoms with van der Waals surface area (Å²) in [5.74, 6) is 0.0900. The van der Waals surface area contributed by atoms with Gasteiger partial charge in [0.1, 0.15) is 12.2 Å². The Hall–Kier alpha value is -3.59. The largest absolute Gasteiger partial charge is 0.445 e. The monoisotopic (exact) mass is 508 g/mol. The predicted molar refractivity (Wildman–Crippen MR) is 140 cm³/mol. The topological polar surface area (TPSA) is 91.4 Å². The fourth-order valence-corrected chi connectivity index (χ4v) is 4.40. The van der Waals surface area contributed by atoms with Crippen LogP contribution >= 0.6 is 0 Å². The van der Waals surface area contributed by atoms with Gasteiger partial charge in [0.05, 0.1) is 6.42 Å². The number of piperazine rings is 1. The molecule has 1 N–H and O–H groups in total. The summed E-state index contributed by atoms with van der Waals surface area (Å²) in [4.78, 5) is 43.0. The van der Waals surface area contributed by atoms with E-state index in [4.69, 9.17) is 9.47 Å². The van der Waals surface area contributed by atoms with E-state index in [9.17, 15) is 14.4 Å². The maximum atomic E-state index is 12.8.